The van der Waals surface area contributed by atoms with Crippen molar-refractivity contribution >= 4 is 34.0 Å². The van der Waals surface area contributed by atoms with Crippen LogP contribution in [0.4, 0.5) is 5.00 Å². The number of thiophene rings is 1. The molecule has 0 saturated carbocycles. The second kappa shape index (κ2) is 9.32. The summed E-state index contributed by atoms with van der Waals surface area (Å²) >= 11 is 2.91. The lowest BCUT2D eigenvalue weighted by Gasteiger charge is -2.33. The molecule has 1 atom stereocenters. The molecule has 1 N–H and O–H groups in total. The van der Waals surface area contributed by atoms with Gasteiger partial charge in [-0.15, -0.1) is 21.5 Å². The molecule has 1 amide bonds. The van der Waals surface area contributed by atoms with E-state index in [1.807, 2.05) is 36.7 Å². The van der Waals surface area contributed by atoms with Crippen molar-refractivity contribution in [2.24, 2.45) is 18.4 Å². The Balaban J connectivity index is 1.43. The van der Waals surface area contributed by atoms with E-state index in [9.17, 15) is 10.1 Å². The van der Waals surface area contributed by atoms with Gasteiger partial charge in [-0.25, -0.2) is 0 Å². The highest BCUT2D eigenvalue weighted by atomic mass is 32.2. The number of carbonyl (C=O) groups is 1. The first-order valence-corrected chi connectivity index (χ1v) is 12.9. The van der Waals surface area contributed by atoms with Crippen LogP contribution in [-0.2, 0) is 24.7 Å². The molecule has 6 nitrogen and oxygen atoms in total. The van der Waals surface area contributed by atoms with Crippen LogP contribution in [0.1, 0.15) is 48.8 Å². The van der Waals surface area contributed by atoms with Gasteiger partial charge in [0.1, 0.15) is 11.1 Å². The van der Waals surface area contributed by atoms with E-state index in [1.54, 1.807) is 11.3 Å². The number of benzene rings is 1. The Morgan fingerprint density at radius 1 is 1.36 bits per heavy atom. The highest BCUT2D eigenvalue weighted by Crippen LogP contribution is 2.44. The minimum atomic E-state index is -0.137. The van der Waals surface area contributed by atoms with E-state index in [4.69, 9.17) is 0 Å². The van der Waals surface area contributed by atoms with Gasteiger partial charge in [-0.05, 0) is 49.1 Å². The standard InChI is InChI=1S/C25H29N5OS2/c1-15-7-6-8-16(11-15)22-28-29-24(30(22)5)32-14-21(31)27-23-19(13-26)18-10-9-17(25(2,3)4)12-20(18)33-23/h6-8,11,17H,9-10,12,14H2,1-5H3,(H,27,31). The van der Waals surface area contributed by atoms with Gasteiger partial charge < -0.3 is 9.88 Å². The first-order valence-electron chi connectivity index (χ1n) is 11.1. The number of anilines is 1. The maximum atomic E-state index is 12.7. The number of amides is 1. The van der Waals surface area contributed by atoms with E-state index in [-0.39, 0.29) is 17.1 Å². The molecule has 1 aliphatic rings. The number of nitrogens with one attached hydrogen (secondary N) is 1. The lowest BCUT2D eigenvalue weighted by atomic mass is 9.72. The fourth-order valence-corrected chi connectivity index (χ4v) is 6.31. The SMILES string of the molecule is Cc1cccc(-c2nnc(SCC(=O)Nc3sc4c(c3C#N)CCC(C(C)(C)C)C4)n2C)c1. The van der Waals surface area contributed by atoms with Gasteiger partial charge in [-0.2, -0.15) is 5.26 Å². The first kappa shape index (κ1) is 23.5. The van der Waals surface area contributed by atoms with Crippen LogP contribution in [0.2, 0.25) is 0 Å². The Bertz CT molecular complexity index is 1230. The zero-order chi connectivity index (χ0) is 23.8. The Kier molecular flexibility index (Phi) is 6.64. The predicted octanol–water partition coefficient (Wildman–Crippen LogP) is 5.61. The Hall–Kier alpha value is -2.63. The third-order valence-corrected chi connectivity index (χ3v) is 8.49. The van der Waals surface area contributed by atoms with E-state index in [0.717, 1.165) is 41.8 Å². The van der Waals surface area contributed by atoms with Gasteiger partial charge in [0, 0.05) is 17.5 Å². The molecule has 1 aromatic carbocycles. The molecule has 1 aliphatic carbocycles. The molecular weight excluding hydrogens is 450 g/mol. The fraction of sp³-hybridized carbons (Fsp3) is 0.440. The van der Waals surface area contributed by atoms with Gasteiger partial charge >= 0.3 is 0 Å². The molecule has 2 aromatic heterocycles. The Morgan fingerprint density at radius 2 is 2.15 bits per heavy atom. The fourth-order valence-electron chi connectivity index (χ4n) is 4.30. The monoisotopic (exact) mass is 479 g/mol. The van der Waals surface area contributed by atoms with Crippen molar-refractivity contribution in [1.29, 1.82) is 5.26 Å². The van der Waals surface area contributed by atoms with Crippen molar-refractivity contribution in [3.8, 4) is 17.5 Å². The number of aryl methyl sites for hydroxylation is 1. The maximum absolute atomic E-state index is 12.7. The van der Waals surface area contributed by atoms with Gasteiger partial charge in [0.2, 0.25) is 5.91 Å². The van der Waals surface area contributed by atoms with Gasteiger partial charge in [0.15, 0.2) is 11.0 Å². The van der Waals surface area contributed by atoms with Crippen LogP contribution in [0, 0.1) is 29.6 Å². The number of thioether (sulfide) groups is 1. The zero-order valence-corrected chi connectivity index (χ0v) is 21.4. The summed E-state index contributed by atoms with van der Waals surface area (Å²) in [5.41, 5.74) is 4.16. The maximum Gasteiger partial charge on any atom is 0.235 e. The third kappa shape index (κ3) is 4.99. The summed E-state index contributed by atoms with van der Waals surface area (Å²) in [7, 11) is 1.91. The Labute approximate surface area is 203 Å². The normalized spacial score (nSPS) is 15.7. The predicted molar refractivity (Wildman–Crippen MR) is 135 cm³/mol. The van der Waals surface area contributed by atoms with Crippen molar-refractivity contribution in [2.45, 2.75) is 52.1 Å². The van der Waals surface area contributed by atoms with Crippen molar-refractivity contribution in [3.05, 3.63) is 45.8 Å². The second-order valence-corrected chi connectivity index (χ2v) is 11.7. The molecule has 0 bridgehead atoms. The van der Waals surface area contributed by atoms with Crippen LogP contribution in [0.5, 0.6) is 0 Å². The molecule has 4 rings (SSSR count). The molecule has 33 heavy (non-hydrogen) atoms. The average Bonchev–Trinajstić information content (AvgIpc) is 3.30. The first-order chi connectivity index (χ1) is 15.7. The average molecular weight is 480 g/mol. The number of hydrogen-bond acceptors (Lipinski definition) is 6. The van der Waals surface area contributed by atoms with Gasteiger partial charge in [-0.1, -0.05) is 56.3 Å². The van der Waals surface area contributed by atoms with Crippen LogP contribution in [-0.4, -0.2) is 26.4 Å². The number of fused-ring (bicyclic) bond motifs is 1. The van der Waals surface area contributed by atoms with E-state index in [1.165, 1.54) is 16.6 Å². The minimum absolute atomic E-state index is 0.137. The van der Waals surface area contributed by atoms with Crippen LogP contribution in [0.15, 0.2) is 29.4 Å². The van der Waals surface area contributed by atoms with Gasteiger partial charge in [0.25, 0.3) is 0 Å². The molecule has 0 spiro atoms. The summed E-state index contributed by atoms with van der Waals surface area (Å²) in [6, 6.07) is 10.4. The number of hydrogen-bond donors (Lipinski definition) is 1. The van der Waals surface area contributed by atoms with Crippen molar-refractivity contribution in [1.82, 2.24) is 14.8 Å². The second-order valence-electron chi connectivity index (χ2n) is 9.70. The number of rotatable bonds is 5. The number of aromatic nitrogens is 3. The molecular formula is C25H29N5OS2. The highest BCUT2D eigenvalue weighted by molar-refractivity contribution is 7.99. The largest absolute Gasteiger partial charge is 0.316 e. The summed E-state index contributed by atoms with van der Waals surface area (Å²) in [6.07, 6.45) is 2.96. The van der Waals surface area contributed by atoms with E-state index < -0.39 is 0 Å². The molecule has 0 radical (unpaired) electrons. The molecule has 8 heteroatoms. The summed E-state index contributed by atoms with van der Waals surface area (Å²) in [5, 5.41) is 22.7. The summed E-state index contributed by atoms with van der Waals surface area (Å²) in [5.74, 6) is 1.43. The molecule has 3 aromatic rings. The number of carbonyl (C=O) groups excluding carboxylic acids is 1. The van der Waals surface area contributed by atoms with Gasteiger partial charge in [0.05, 0.1) is 11.3 Å². The zero-order valence-electron chi connectivity index (χ0n) is 19.7. The summed E-state index contributed by atoms with van der Waals surface area (Å²) in [4.78, 5) is 14.0. The molecule has 0 saturated heterocycles. The quantitative estimate of drug-likeness (QED) is 0.481. The summed E-state index contributed by atoms with van der Waals surface area (Å²) in [6.45, 7) is 8.87. The number of nitriles is 1. The Morgan fingerprint density at radius 3 is 2.85 bits per heavy atom. The van der Waals surface area contributed by atoms with Crippen molar-refractivity contribution in [3.63, 3.8) is 0 Å². The van der Waals surface area contributed by atoms with Crippen molar-refractivity contribution < 1.29 is 4.79 Å². The van der Waals surface area contributed by atoms with Gasteiger partial charge in [-0.3, -0.25) is 4.79 Å². The molecule has 0 aliphatic heterocycles. The topological polar surface area (TPSA) is 83.6 Å². The summed E-state index contributed by atoms with van der Waals surface area (Å²) < 4.78 is 1.91. The lowest BCUT2D eigenvalue weighted by molar-refractivity contribution is -0.113. The highest BCUT2D eigenvalue weighted by Gasteiger charge is 2.32. The van der Waals surface area contributed by atoms with Crippen LogP contribution >= 0.6 is 23.1 Å². The number of nitrogens with zero attached hydrogens (tertiary/aromatic N) is 4. The molecule has 172 valence electrons. The van der Waals surface area contributed by atoms with Crippen LogP contribution in [0.3, 0.4) is 0 Å². The molecule has 1 unspecified atom stereocenters. The van der Waals surface area contributed by atoms with E-state index >= 15 is 0 Å². The van der Waals surface area contributed by atoms with E-state index in [0.29, 0.717) is 21.6 Å². The molecule has 2 heterocycles. The lowest BCUT2D eigenvalue weighted by Crippen LogP contribution is -2.26. The molecule has 0 fully saturated rings. The van der Waals surface area contributed by atoms with E-state index in [2.05, 4.69) is 48.4 Å². The van der Waals surface area contributed by atoms with Crippen molar-refractivity contribution in [2.75, 3.05) is 11.1 Å². The minimum Gasteiger partial charge on any atom is -0.316 e. The van der Waals surface area contributed by atoms with Crippen LogP contribution < -0.4 is 5.32 Å². The van der Waals surface area contributed by atoms with Crippen LogP contribution in [0.25, 0.3) is 11.4 Å². The smallest absolute Gasteiger partial charge is 0.235 e. The third-order valence-electron chi connectivity index (χ3n) is 6.30.